The summed E-state index contributed by atoms with van der Waals surface area (Å²) in [6.45, 7) is 3.02. The van der Waals surface area contributed by atoms with E-state index >= 15 is 0 Å². The number of sulfonamides is 1. The molecule has 0 aromatic heterocycles. The van der Waals surface area contributed by atoms with Crippen molar-refractivity contribution >= 4 is 15.9 Å². The Bertz CT molecular complexity index is 779. The molecule has 0 saturated carbocycles. The van der Waals surface area contributed by atoms with Gasteiger partial charge in [-0.1, -0.05) is 13.8 Å². The number of ether oxygens (including phenoxy) is 1. The lowest BCUT2D eigenvalue weighted by molar-refractivity contribution is -0.188. The average molecular weight is 422 g/mol. The summed E-state index contributed by atoms with van der Waals surface area (Å²) in [6, 6.07) is 4.46. The van der Waals surface area contributed by atoms with E-state index in [1.807, 2.05) is 0 Å². The van der Waals surface area contributed by atoms with Crippen molar-refractivity contribution < 1.29 is 31.1 Å². The minimum atomic E-state index is -4.38. The van der Waals surface area contributed by atoms with Crippen LogP contribution in [-0.2, 0) is 14.8 Å². The molecule has 0 bridgehead atoms. The van der Waals surface area contributed by atoms with Crippen molar-refractivity contribution in [3.8, 4) is 5.75 Å². The van der Waals surface area contributed by atoms with Crippen molar-refractivity contribution in [2.75, 3.05) is 20.2 Å². The van der Waals surface area contributed by atoms with Gasteiger partial charge in [0.2, 0.25) is 15.9 Å². The van der Waals surface area contributed by atoms with E-state index in [1.165, 1.54) is 31.4 Å². The third kappa shape index (κ3) is 5.38. The lowest BCUT2D eigenvalue weighted by Gasteiger charge is -2.36. The molecule has 1 amide bonds. The quantitative estimate of drug-likeness (QED) is 0.765. The van der Waals surface area contributed by atoms with Crippen LogP contribution in [0.3, 0.4) is 0 Å². The first-order chi connectivity index (χ1) is 13.0. The van der Waals surface area contributed by atoms with Crippen LogP contribution < -0.4 is 9.46 Å². The van der Waals surface area contributed by atoms with Gasteiger partial charge in [-0.25, -0.2) is 8.42 Å². The highest BCUT2D eigenvalue weighted by Crippen LogP contribution is 2.33. The maximum atomic E-state index is 13.0. The number of nitrogens with one attached hydrogen (secondary N) is 1. The van der Waals surface area contributed by atoms with Gasteiger partial charge < -0.3 is 9.64 Å². The fraction of sp³-hybridized carbons (Fsp3) is 0.611. The normalized spacial score (nSPS) is 19.5. The molecule has 2 rings (SSSR count). The number of carbonyl (C=O) groups is 1. The van der Waals surface area contributed by atoms with Gasteiger partial charge in [-0.05, 0) is 43.0 Å². The minimum absolute atomic E-state index is 0.0306. The molecule has 0 radical (unpaired) electrons. The van der Waals surface area contributed by atoms with Crippen LogP contribution in [0.4, 0.5) is 13.2 Å². The summed E-state index contributed by atoms with van der Waals surface area (Å²) < 4.78 is 71.8. The fourth-order valence-corrected chi connectivity index (χ4v) is 4.44. The van der Waals surface area contributed by atoms with Crippen LogP contribution in [0.2, 0.25) is 0 Å². The largest absolute Gasteiger partial charge is 0.497 e. The lowest BCUT2D eigenvalue weighted by atomic mass is 9.95. The standard InChI is InChI=1S/C18H25F3N2O4S/c1-12(2)16(17(24)23-10-4-5-13(11-23)18(19,20)21)22-28(25,26)15-8-6-14(27-3)7-9-15/h6-9,12-13,16,22H,4-5,10-11H2,1-3H3/t13-,16-/m0/s1. The summed E-state index contributed by atoms with van der Waals surface area (Å²) >= 11 is 0. The molecular formula is C18H25F3N2O4S. The molecule has 1 aliphatic rings. The monoisotopic (exact) mass is 422 g/mol. The minimum Gasteiger partial charge on any atom is -0.497 e. The zero-order chi connectivity index (χ0) is 21.1. The highest BCUT2D eigenvalue weighted by atomic mass is 32.2. The molecule has 1 saturated heterocycles. The first kappa shape index (κ1) is 22.5. The van der Waals surface area contributed by atoms with Gasteiger partial charge in [0.1, 0.15) is 11.8 Å². The molecule has 2 atom stereocenters. The maximum Gasteiger partial charge on any atom is 0.393 e. The van der Waals surface area contributed by atoms with Crippen LogP contribution in [0.25, 0.3) is 0 Å². The third-order valence-electron chi connectivity index (χ3n) is 4.78. The molecule has 158 valence electrons. The van der Waals surface area contributed by atoms with Gasteiger partial charge in [-0.15, -0.1) is 0 Å². The Morgan fingerprint density at radius 1 is 1.25 bits per heavy atom. The van der Waals surface area contributed by atoms with Crippen molar-refractivity contribution in [1.82, 2.24) is 9.62 Å². The van der Waals surface area contributed by atoms with Crippen molar-refractivity contribution in [1.29, 1.82) is 0 Å². The van der Waals surface area contributed by atoms with Gasteiger partial charge in [0.25, 0.3) is 0 Å². The van der Waals surface area contributed by atoms with E-state index in [9.17, 15) is 26.4 Å². The zero-order valence-corrected chi connectivity index (χ0v) is 16.8. The summed E-state index contributed by atoms with van der Waals surface area (Å²) in [5.41, 5.74) is 0. The van der Waals surface area contributed by atoms with E-state index in [0.717, 1.165) is 4.90 Å². The van der Waals surface area contributed by atoms with Crippen molar-refractivity contribution in [3.05, 3.63) is 24.3 Å². The van der Waals surface area contributed by atoms with Crippen LogP contribution >= 0.6 is 0 Å². The van der Waals surface area contributed by atoms with Crippen molar-refractivity contribution in [2.45, 2.75) is 43.8 Å². The maximum absolute atomic E-state index is 13.0. The second-order valence-electron chi connectivity index (χ2n) is 7.18. The number of piperidine rings is 1. The summed E-state index contributed by atoms with van der Waals surface area (Å²) in [5.74, 6) is -2.19. The molecule has 6 nitrogen and oxygen atoms in total. The second-order valence-corrected chi connectivity index (χ2v) is 8.90. The zero-order valence-electron chi connectivity index (χ0n) is 16.0. The summed E-state index contributed by atoms with van der Waals surface area (Å²) in [4.78, 5) is 13.9. The third-order valence-corrected chi connectivity index (χ3v) is 6.24. The van der Waals surface area contributed by atoms with E-state index in [2.05, 4.69) is 4.72 Å². The average Bonchev–Trinajstić information content (AvgIpc) is 2.65. The molecule has 1 aromatic carbocycles. The number of benzene rings is 1. The Hall–Kier alpha value is -1.81. The van der Waals surface area contributed by atoms with E-state index in [4.69, 9.17) is 4.74 Å². The van der Waals surface area contributed by atoms with Crippen molar-refractivity contribution in [3.63, 3.8) is 0 Å². The number of amides is 1. The van der Waals surface area contributed by atoms with Crippen molar-refractivity contribution in [2.24, 2.45) is 11.8 Å². The smallest absolute Gasteiger partial charge is 0.393 e. The topological polar surface area (TPSA) is 75.7 Å². The number of methoxy groups -OCH3 is 1. The number of halogens is 3. The number of hydrogen-bond acceptors (Lipinski definition) is 4. The molecule has 10 heteroatoms. The number of carbonyl (C=O) groups excluding carboxylic acids is 1. The predicted molar refractivity (Wildman–Crippen MR) is 97.3 cm³/mol. The Kier molecular flexibility index (Phi) is 6.97. The molecule has 0 aliphatic carbocycles. The first-order valence-electron chi connectivity index (χ1n) is 8.97. The number of alkyl halides is 3. The van der Waals surface area contributed by atoms with E-state index in [1.54, 1.807) is 13.8 Å². The second kappa shape index (κ2) is 8.69. The molecule has 0 unspecified atom stereocenters. The number of hydrogen-bond donors (Lipinski definition) is 1. The highest BCUT2D eigenvalue weighted by Gasteiger charge is 2.44. The molecular weight excluding hydrogens is 397 g/mol. The molecule has 1 fully saturated rings. The van der Waals surface area contributed by atoms with Gasteiger partial charge in [0.15, 0.2) is 0 Å². The SMILES string of the molecule is COc1ccc(S(=O)(=O)N[C@H](C(=O)N2CCC[C@H](C(F)(F)F)C2)C(C)C)cc1. The van der Waals surface area contributed by atoms with Gasteiger partial charge in [-0.3, -0.25) is 4.79 Å². The first-order valence-corrected chi connectivity index (χ1v) is 10.5. The molecule has 0 spiro atoms. The molecule has 28 heavy (non-hydrogen) atoms. The Morgan fingerprint density at radius 3 is 2.36 bits per heavy atom. The number of rotatable bonds is 6. The van der Waals surface area contributed by atoms with E-state index in [0.29, 0.717) is 5.75 Å². The van der Waals surface area contributed by atoms with Gasteiger partial charge >= 0.3 is 6.18 Å². The molecule has 1 N–H and O–H groups in total. The van der Waals surface area contributed by atoms with Crippen LogP contribution in [0, 0.1) is 11.8 Å². The highest BCUT2D eigenvalue weighted by molar-refractivity contribution is 7.89. The van der Waals surface area contributed by atoms with Crippen LogP contribution in [0.1, 0.15) is 26.7 Å². The predicted octanol–water partition coefficient (Wildman–Crippen LogP) is 2.80. The van der Waals surface area contributed by atoms with Crippen LogP contribution in [0.15, 0.2) is 29.2 Å². The number of nitrogens with zero attached hydrogens (tertiary/aromatic N) is 1. The summed E-state index contributed by atoms with van der Waals surface area (Å²) in [5, 5.41) is 0. The van der Waals surface area contributed by atoms with E-state index < -0.39 is 46.5 Å². The summed E-state index contributed by atoms with van der Waals surface area (Å²) in [6.07, 6.45) is -4.18. The Morgan fingerprint density at radius 2 is 1.86 bits per heavy atom. The fourth-order valence-electron chi connectivity index (χ4n) is 3.10. The van der Waals surface area contributed by atoms with Gasteiger partial charge in [-0.2, -0.15) is 17.9 Å². The van der Waals surface area contributed by atoms with E-state index in [-0.39, 0.29) is 24.3 Å². The lowest BCUT2D eigenvalue weighted by Crippen LogP contribution is -2.54. The van der Waals surface area contributed by atoms with Crippen LogP contribution in [0.5, 0.6) is 5.75 Å². The Labute approximate surface area is 163 Å². The van der Waals surface area contributed by atoms with Gasteiger partial charge in [0, 0.05) is 13.1 Å². The molecule has 1 heterocycles. The van der Waals surface area contributed by atoms with Crippen LogP contribution in [-0.4, -0.2) is 51.6 Å². The molecule has 1 aromatic rings. The molecule has 1 aliphatic heterocycles. The van der Waals surface area contributed by atoms with Gasteiger partial charge in [0.05, 0.1) is 17.9 Å². The Balaban J connectivity index is 2.18. The summed E-state index contributed by atoms with van der Waals surface area (Å²) in [7, 11) is -2.58. The number of likely N-dealkylation sites (tertiary alicyclic amines) is 1.